The van der Waals surface area contributed by atoms with Crippen molar-refractivity contribution in [2.45, 2.75) is 52.4 Å². The van der Waals surface area contributed by atoms with Crippen LogP contribution in [0.5, 0.6) is 5.75 Å². The fraction of sp³-hybridized carbons (Fsp3) is 0.667. The average Bonchev–Trinajstić information content (AvgIpc) is 2.63. The molecule has 0 spiro atoms. The van der Waals surface area contributed by atoms with Gasteiger partial charge in [-0.25, -0.2) is 0 Å². The third kappa shape index (κ3) is 4.44. The van der Waals surface area contributed by atoms with Crippen LogP contribution < -0.4 is 10.1 Å². The van der Waals surface area contributed by atoms with Gasteiger partial charge >= 0.3 is 0 Å². The van der Waals surface area contributed by atoms with Gasteiger partial charge in [0, 0.05) is 12.5 Å². The monoisotopic (exact) mass is 398 g/mol. The maximum Gasteiger partial charge on any atom is 0.241 e. The molecule has 29 heavy (non-hydrogen) atoms. The molecule has 0 aliphatic heterocycles. The van der Waals surface area contributed by atoms with Crippen LogP contribution in [0, 0.1) is 37.0 Å². The highest BCUT2D eigenvalue weighted by molar-refractivity contribution is 5.88. The van der Waals surface area contributed by atoms with Crippen molar-refractivity contribution in [1.29, 1.82) is 0 Å². The maximum atomic E-state index is 13.0. The lowest BCUT2D eigenvalue weighted by Gasteiger charge is -2.55. The Kier molecular flexibility index (Phi) is 5.58. The number of nitrogens with zero attached hydrogens (tertiary/aromatic N) is 1. The molecule has 4 fully saturated rings. The standard InChI is InChI=1S/C24H34N2O3/c1-16-6-17(2)8-21(7-16)29-5-4-26(3)22(27)15-25-23(28)24-12-18-9-19(13-24)11-20(10-18)14-24/h6-8,18-20H,4-5,9-15H2,1-3H3,(H,25,28). The van der Waals surface area contributed by atoms with Crippen molar-refractivity contribution < 1.29 is 14.3 Å². The molecule has 4 aliphatic carbocycles. The molecule has 4 saturated carbocycles. The zero-order chi connectivity index (χ0) is 20.6. The number of amides is 2. The second-order valence-corrected chi connectivity index (χ2v) is 9.87. The zero-order valence-corrected chi connectivity index (χ0v) is 18.0. The molecule has 2 amide bonds. The van der Waals surface area contributed by atoms with Gasteiger partial charge in [0.15, 0.2) is 0 Å². The van der Waals surface area contributed by atoms with Crippen LogP contribution in [0.4, 0.5) is 0 Å². The van der Waals surface area contributed by atoms with Gasteiger partial charge in [-0.15, -0.1) is 0 Å². The van der Waals surface area contributed by atoms with Crippen molar-refractivity contribution in [2.24, 2.45) is 23.2 Å². The summed E-state index contributed by atoms with van der Waals surface area (Å²) < 4.78 is 5.80. The van der Waals surface area contributed by atoms with Gasteiger partial charge in [-0.05, 0) is 93.4 Å². The highest BCUT2D eigenvalue weighted by atomic mass is 16.5. The summed E-state index contributed by atoms with van der Waals surface area (Å²) in [7, 11) is 1.77. The number of rotatable bonds is 7. The summed E-state index contributed by atoms with van der Waals surface area (Å²) in [6.45, 7) is 5.11. The quantitative estimate of drug-likeness (QED) is 0.765. The van der Waals surface area contributed by atoms with E-state index in [1.54, 1.807) is 11.9 Å². The molecule has 4 bridgehead atoms. The predicted octanol–water partition coefficient (Wildman–Crippen LogP) is 3.47. The molecule has 5 rings (SSSR count). The largest absolute Gasteiger partial charge is 0.492 e. The minimum atomic E-state index is -0.195. The number of nitrogens with one attached hydrogen (secondary N) is 1. The van der Waals surface area contributed by atoms with Crippen LogP contribution in [-0.4, -0.2) is 43.5 Å². The SMILES string of the molecule is Cc1cc(C)cc(OCCN(C)C(=O)CNC(=O)C23CC4CC(CC(C4)C2)C3)c1. The molecule has 0 atom stereocenters. The van der Waals surface area contributed by atoms with E-state index in [9.17, 15) is 9.59 Å². The summed E-state index contributed by atoms with van der Waals surface area (Å²) in [6.07, 6.45) is 7.02. The fourth-order valence-electron chi connectivity index (χ4n) is 6.31. The van der Waals surface area contributed by atoms with Crippen LogP contribution in [0.25, 0.3) is 0 Å². The van der Waals surface area contributed by atoms with Crippen LogP contribution in [0.15, 0.2) is 18.2 Å². The van der Waals surface area contributed by atoms with Crippen LogP contribution in [0.3, 0.4) is 0 Å². The number of ether oxygens (including phenoxy) is 1. The maximum absolute atomic E-state index is 13.0. The molecule has 1 N–H and O–H groups in total. The van der Waals surface area contributed by atoms with Crippen LogP contribution in [-0.2, 0) is 9.59 Å². The average molecular weight is 399 g/mol. The summed E-state index contributed by atoms with van der Waals surface area (Å²) in [4.78, 5) is 27.1. The number of aryl methyl sites for hydroxylation is 2. The van der Waals surface area contributed by atoms with Gasteiger partial charge in [-0.1, -0.05) is 6.07 Å². The lowest BCUT2D eigenvalue weighted by Crippen LogP contribution is -2.54. The zero-order valence-electron chi connectivity index (χ0n) is 18.0. The summed E-state index contributed by atoms with van der Waals surface area (Å²) in [5, 5.41) is 2.97. The number of likely N-dealkylation sites (N-methyl/N-ethyl adjacent to an activating group) is 1. The molecular weight excluding hydrogens is 364 g/mol. The molecule has 5 heteroatoms. The third-order valence-corrected chi connectivity index (χ3v) is 7.24. The van der Waals surface area contributed by atoms with Gasteiger partial charge in [0.05, 0.1) is 13.1 Å². The molecule has 5 nitrogen and oxygen atoms in total. The van der Waals surface area contributed by atoms with Crippen LogP contribution in [0.1, 0.15) is 49.7 Å². The lowest BCUT2D eigenvalue weighted by atomic mass is 9.49. The highest BCUT2D eigenvalue weighted by Gasteiger charge is 2.54. The normalized spacial score (nSPS) is 29.6. The molecule has 4 aliphatic rings. The molecule has 0 radical (unpaired) electrons. The number of benzene rings is 1. The minimum absolute atomic E-state index is 0.0629. The number of carbonyl (C=O) groups is 2. The molecule has 0 saturated heterocycles. The van der Waals surface area contributed by atoms with E-state index >= 15 is 0 Å². The second-order valence-electron chi connectivity index (χ2n) is 9.87. The molecule has 0 unspecified atom stereocenters. The predicted molar refractivity (Wildman–Crippen MR) is 113 cm³/mol. The fourth-order valence-corrected chi connectivity index (χ4v) is 6.31. The number of hydrogen-bond acceptors (Lipinski definition) is 3. The summed E-state index contributed by atoms with van der Waals surface area (Å²) in [6, 6.07) is 6.11. The first kappa shape index (κ1) is 20.2. The summed E-state index contributed by atoms with van der Waals surface area (Å²) in [5.74, 6) is 3.07. The minimum Gasteiger partial charge on any atom is -0.492 e. The topological polar surface area (TPSA) is 58.6 Å². The molecule has 158 valence electrons. The Morgan fingerprint density at radius 1 is 1.03 bits per heavy atom. The van der Waals surface area contributed by atoms with Gasteiger partial charge in [-0.2, -0.15) is 0 Å². The Morgan fingerprint density at radius 2 is 1.59 bits per heavy atom. The number of hydrogen-bond donors (Lipinski definition) is 1. The van der Waals surface area contributed by atoms with E-state index in [1.807, 2.05) is 26.0 Å². The first-order valence-corrected chi connectivity index (χ1v) is 11.1. The molecule has 0 aromatic heterocycles. The van der Waals surface area contributed by atoms with Gasteiger partial charge in [0.2, 0.25) is 11.8 Å². The van der Waals surface area contributed by atoms with Gasteiger partial charge in [0.25, 0.3) is 0 Å². The summed E-state index contributed by atoms with van der Waals surface area (Å²) in [5.41, 5.74) is 2.13. The second kappa shape index (κ2) is 8.00. The van der Waals surface area contributed by atoms with Gasteiger partial charge in [0.1, 0.15) is 12.4 Å². The first-order chi connectivity index (χ1) is 13.8. The van der Waals surface area contributed by atoms with Crippen molar-refractivity contribution in [3.8, 4) is 5.75 Å². The Labute approximate surface area is 174 Å². The highest BCUT2D eigenvalue weighted by Crippen LogP contribution is 2.60. The van der Waals surface area contributed by atoms with Crippen LogP contribution >= 0.6 is 0 Å². The van der Waals surface area contributed by atoms with Crippen molar-refractivity contribution in [3.63, 3.8) is 0 Å². The first-order valence-electron chi connectivity index (χ1n) is 11.1. The summed E-state index contributed by atoms with van der Waals surface area (Å²) >= 11 is 0. The van der Waals surface area contributed by atoms with E-state index < -0.39 is 0 Å². The Bertz CT molecular complexity index is 733. The van der Waals surface area contributed by atoms with Crippen molar-refractivity contribution >= 4 is 11.8 Å². The Hall–Kier alpha value is -2.04. The molecular formula is C24H34N2O3. The van der Waals surface area contributed by atoms with Crippen LogP contribution in [0.2, 0.25) is 0 Å². The smallest absolute Gasteiger partial charge is 0.241 e. The van der Waals surface area contributed by atoms with Crippen molar-refractivity contribution in [2.75, 3.05) is 26.7 Å². The Balaban J connectivity index is 1.22. The van der Waals surface area contributed by atoms with E-state index in [2.05, 4.69) is 11.4 Å². The molecule has 1 aromatic carbocycles. The Morgan fingerprint density at radius 3 is 2.14 bits per heavy atom. The van der Waals surface area contributed by atoms with Crippen molar-refractivity contribution in [3.05, 3.63) is 29.3 Å². The van der Waals surface area contributed by atoms with Gasteiger partial charge in [-0.3, -0.25) is 9.59 Å². The lowest BCUT2D eigenvalue weighted by molar-refractivity contribution is -0.147. The molecule has 1 aromatic rings. The van der Waals surface area contributed by atoms with Crippen molar-refractivity contribution in [1.82, 2.24) is 10.2 Å². The van der Waals surface area contributed by atoms with E-state index in [4.69, 9.17) is 4.74 Å². The molecule has 0 heterocycles. The number of carbonyl (C=O) groups excluding carboxylic acids is 2. The van der Waals surface area contributed by atoms with Gasteiger partial charge < -0.3 is 15.0 Å². The van der Waals surface area contributed by atoms with E-state index in [1.165, 1.54) is 19.3 Å². The van der Waals surface area contributed by atoms with E-state index in [-0.39, 0.29) is 23.8 Å². The third-order valence-electron chi connectivity index (χ3n) is 7.24. The van der Waals surface area contributed by atoms with E-state index in [0.717, 1.165) is 53.9 Å². The van der Waals surface area contributed by atoms with E-state index in [0.29, 0.717) is 13.2 Å².